The SMILES string of the molecule is CCCCN(/C=C(/C#N)C(=O)NCCCOCC)CCCC. The zero-order valence-corrected chi connectivity index (χ0v) is 14.4. The first-order valence-electron chi connectivity index (χ1n) is 8.41. The highest BCUT2D eigenvalue weighted by Gasteiger charge is 2.10. The zero-order chi connectivity index (χ0) is 16.6. The normalized spacial score (nSPS) is 11.1. The first-order valence-corrected chi connectivity index (χ1v) is 8.41. The van der Waals surface area contributed by atoms with Gasteiger partial charge in [0.15, 0.2) is 0 Å². The molecule has 1 N–H and O–H groups in total. The van der Waals surface area contributed by atoms with E-state index in [0.717, 1.165) is 45.2 Å². The summed E-state index contributed by atoms with van der Waals surface area (Å²) in [5, 5.41) is 12.0. The van der Waals surface area contributed by atoms with Gasteiger partial charge in [-0.25, -0.2) is 0 Å². The van der Waals surface area contributed by atoms with Crippen molar-refractivity contribution in [2.24, 2.45) is 0 Å². The van der Waals surface area contributed by atoms with Crippen molar-refractivity contribution >= 4 is 5.91 Å². The minimum Gasteiger partial charge on any atom is -0.382 e. The second-order valence-corrected chi connectivity index (χ2v) is 5.20. The van der Waals surface area contributed by atoms with Crippen molar-refractivity contribution in [2.75, 3.05) is 32.8 Å². The van der Waals surface area contributed by atoms with E-state index in [-0.39, 0.29) is 11.5 Å². The molecule has 0 aliphatic rings. The molecule has 0 heterocycles. The summed E-state index contributed by atoms with van der Waals surface area (Å²) in [5.74, 6) is -0.294. The fourth-order valence-corrected chi connectivity index (χ4v) is 1.90. The van der Waals surface area contributed by atoms with Gasteiger partial charge in [0, 0.05) is 39.0 Å². The number of carbonyl (C=O) groups is 1. The van der Waals surface area contributed by atoms with Gasteiger partial charge in [0.1, 0.15) is 11.6 Å². The van der Waals surface area contributed by atoms with Crippen molar-refractivity contribution in [2.45, 2.75) is 52.9 Å². The molecule has 0 saturated heterocycles. The summed E-state index contributed by atoms with van der Waals surface area (Å²) >= 11 is 0. The zero-order valence-electron chi connectivity index (χ0n) is 14.4. The number of nitriles is 1. The third-order valence-corrected chi connectivity index (χ3v) is 3.23. The Kier molecular flexibility index (Phi) is 13.4. The van der Waals surface area contributed by atoms with Crippen molar-refractivity contribution < 1.29 is 9.53 Å². The molecule has 5 heteroatoms. The molecule has 0 atom stereocenters. The van der Waals surface area contributed by atoms with E-state index in [0.29, 0.717) is 19.8 Å². The summed E-state index contributed by atoms with van der Waals surface area (Å²) in [5.41, 5.74) is 0.184. The van der Waals surface area contributed by atoms with Crippen LogP contribution >= 0.6 is 0 Å². The van der Waals surface area contributed by atoms with Crippen molar-refractivity contribution in [3.05, 3.63) is 11.8 Å². The molecule has 0 aliphatic heterocycles. The van der Waals surface area contributed by atoms with E-state index in [2.05, 4.69) is 24.1 Å². The second-order valence-electron chi connectivity index (χ2n) is 5.20. The molecule has 0 bridgehead atoms. The van der Waals surface area contributed by atoms with Crippen LogP contribution in [-0.4, -0.2) is 43.7 Å². The number of ether oxygens (including phenoxy) is 1. The Morgan fingerprint density at radius 3 is 2.32 bits per heavy atom. The summed E-state index contributed by atoms with van der Waals surface area (Å²) in [6.07, 6.45) is 6.80. The van der Waals surface area contributed by atoms with Gasteiger partial charge in [0.2, 0.25) is 0 Å². The van der Waals surface area contributed by atoms with Gasteiger partial charge in [-0.1, -0.05) is 26.7 Å². The molecule has 0 saturated carbocycles. The van der Waals surface area contributed by atoms with Crippen LogP contribution in [0.5, 0.6) is 0 Å². The number of unbranched alkanes of at least 4 members (excludes halogenated alkanes) is 2. The van der Waals surface area contributed by atoms with Crippen LogP contribution in [0.2, 0.25) is 0 Å². The summed E-state index contributed by atoms with van der Waals surface area (Å²) < 4.78 is 5.22. The van der Waals surface area contributed by atoms with Crippen molar-refractivity contribution in [1.82, 2.24) is 10.2 Å². The van der Waals surface area contributed by atoms with Gasteiger partial charge in [0.25, 0.3) is 5.91 Å². The summed E-state index contributed by atoms with van der Waals surface area (Å²) in [4.78, 5) is 14.1. The topological polar surface area (TPSA) is 65.4 Å². The number of hydrogen-bond donors (Lipinski definition) is 1. The van der Waals surface area contributed by atoms with Crippen LogP contribution < -0.4 is 5.32 Å². The van der Waals surface area contributed by atoms with E-state index in [4.69, 9.17) is 4.74 Å². The second kappa shape index (κ2) is 14.4. The highest BCUT2D eigenvalue weighted by molar-refractivity contribution is 5.97. The first-order chi connectivity index (χ1) is 10.7. The van der Waals surface area contributed by atoms with E-state index >= 15 is 0 Å². The standard InChI is InChI=1S/C17H31N3O2/c1-4-7-11-20(12-8-5-2)15-16(14-18)17(21)19-10-9-13-22-6-3/h15H,4-13H2,1-3H3,(H,19,21)/b16-15-. The van der Waals surface area contributed by atoms with E-state index in [1.54, 1.807) is 6.20 Å². The number of hydrogen-bond acceptors (Lipinski definition) is 4. The van der Waals surface area contributed by atoms with E-state index < -0.39 is 0 Å². The minimum atomic E-state index is -0.294. The maximum absolute atomic E-state index is 12.0. The van der Waals surface area contributed by atoms with Gasteiger partial charge < -0.3 is 15.0 Å². The summed E-state index contributed by atoms with van der Waals surface area (Å²) in [7, 11) is 0. The Bertz CT molecular complexity index is 353. The molecule has 126 valence electrons. The molecule has 0 radical (unpaired) electrons. The minimum absolute atomic E-state index is 0.184. The third-order valence-electron chi connectivity index (χ3n) is 3.23. The average molecular weight is 309 g/mol. The number of rotatable bonds is 13. The lowest BCUT2D eigenvalue weighted by Gasteiger charge is -2.20. The molecule has 0 aliphatic carbocycles. The Labute approximate surface area is 135 Å². The van der Waals surface area contributed by atoms with Crippen molar-refractivity contribution in [3.8, 4) is 6.07 Å². The predicted octanol–water partition coefficient (Wildman–Crippen LogP) is 2.84. The van der Waals surface area contributed by atoms with Crippen LogP contribution in [0, 0.1) is 11.3 Å². The Hall–Kier alpha value is -1.54. The van der Waals surface area contributed by atoms with Gasteiger partial charge in [0.05, 0.1) is 0 Å². The van der Waals surface area contributed by atoms with Crippen LogP contribution in [0.3, 0.4) is 0 Å². The van der Waals surface area contributed by atoms with Crippen LogP contribution in [0.1, 0.15) is 52.9 Å². The van der Waals surface area contributed by atoms with Crippen LogP contribution in [0.25, 0.3) is 0 Å². The largest absolute Gasteiger partial charge is 0.382 e. The molecule has 5 nitrogen and oxygen atoms in total. The van der Waals surface area contributed by atoms with Gasteiger partial charge in [-0.3, -0.25) is 4.79 Å². The van der Waals surface area contributed by atoms with Gasteiger partial charge >= 0.3 is 0 Å². The predicted molar refractivity (Wildman–Crippen MR) is 89.2 cm³/mol. The number of nitrogens with one attached hydrogen (secondary N) is 1. The molecule has 0 rings (SSSR count). The van der Waals surface area contributed by atoms with Crippen LogP contribution in [-0.2, 0) is 9.53 Å². The molecular formula is C17H31N3O2. The Morgan fingerprint density at radius 1 is 1.18 bits per heavy atom. The van der Waals surface area contributed by atoms with Crippen LogP contribution in [0.4, 0.5) is 0 Å². The van der Waals surface area contributed by atoms with Gasteiger partial charge in [-0.2, -0.15) is 5.26 Å². The van der Waals surface area contributed by atoms with Gasteiger partial charge in [-0.15, -0.1) is 0 Å². The lowest BCUT2D eigenvalue weighted by atomic mass is 10.2. The monoisotopic (exact) mass is 309 g/mol. The number of carbonyl (C=O) groups excluding carboxylic acids is 1. The number of amides is 1. The van der Waals surface area contributed by atoms with E-state index in [9.17, 15) is 10.1 Å². The first kappa shape index (κ1) is 20.5. The van der Waals surface area contributed by atoms with E-state index in [1.165, 1.54) is 0 Å². The number of nitrogens with zero attached hydrogens (tertiary/aromatic N) is 2. The lowest BCUT2D eigenvalue weighted by molar-refractivity contribution is -0.117. The molecule has 0 aromatic carbocycles. The van der Waals surface area contributed by atoms with Crippen molar-refractivity contribution in [1.29, 1.82) is 5.26 Å². The van der Waals surface area contributed by atoms with Crippen molar-refractivity contribution in [3.63, 3.8) is 0 Å². The highest BCUT2D eigenvalue weighted by atomic mass is 16.5. The highest BCUT2D eigenvalue weighted by Crippen LogP contribution is 2.04. The smallest absolute Gasteiger partial charge is 0.263 e. The summed E-state index contributed by atoms with van der Waals surface area (Å²) in [6, 6.07) is 2.01. The third kappa shape index (κ3) is 10.2. The molecule has 0 spiro atoms. The molecular weight excluding hydrogens is 278 g/mol. The maximum atomic E-state index is 12.0. The van der Waals surface area contributed by atoms with E-state index in [1.807, 2.05) is 13.0 Å². The molecule has 1 amide bonds. The van der Waals surface area contributed by atoms with Crippen LogP contribution in [0.15, 0.2) is 11.8 Å². The molecule has 0 unspecified atom stereocenters. The fraction of sp³-hybridized carbons (Fsp3) is 0.765. The fourth-order valence-electron chi connectivity index (χ4n) is 1.90. The molecule has 0 aromatic heterocycles. The van der Waals surface area contributed by atoms with Gasteiger partial charge in [-0.05, 0) is 26.2 Å². The lowest BCUT2D eigenvalue weighted by Crippen LogP contribution is -2.29. The Morgan fingerprint density at radius 2 is 1.82 bits per heavy atom. The maximum Gasteiger partial charge on any atom is 0.263 e. The molecule has 0 aromatic rings. The quantitative estimate of drug-likeness (QED) is 0.323. The molecule has 0 fully saturated rings. The Balaban J connectivity index is 4.45. The molecule has 22 heavy (non-hydrogen) atoms. The average Bonchev–Trinajstić information content (AvgIpc) is 2.53. The summed E-state index contributed by atoms with van der Waals surface area (Å²) in [6.45, 7) is 9.83.